The van der Waals surface area contributed by atoms with Crippen LogP contribution in [0.1, 0.15) is 66.8 Å². The zero-order valence-corrected chi connectivity index (χ0v) is 13.0. The fourth-order valence-corrected chi connectivity index (χ4v) is 2.52. The maximum atomic E-state index is 12.4. The van der Waals surface area contributed by atoms with Crippen molar-refractivity contribution in [1.29, 1.82) is 0 Å². The van der Waals surface area contributed by atoms with E-state index >= 15 is 0 Å². The van der Waals surface area contributed by atoms with E-state index in [2.05, 4.69) is 23.9 Å². The van der Waals surface area contributed by atoms with Crippen molar-refractivity contribution >= 4 is 5.97 Å². The van der Waals surface area contributed by atoms with Crippen LogP contribution < -0.4 is 0 Å². The van der Waals surface area contributed by atoms with Gasteiger partial charge in [-0.05, 0) is 38.3 Å². The summed E-state index contributed by atoms with van der Waals surface area (Å²) < 4.78 is 7.40. The van der Waals surface area contributed by atoms with E-state index in [-0.39, 0.29) is 12.6 Å². The lowest BCUT2D eigenvalue weighted by Crippen LogP contribution is -2.13. The number of pyridine rings is 1. The zero-order valence-electron chi connectivity index (χ0n) is 13.0. The summed E-state index contributed by atoms with van der Waals surface area (Å²) in [6.07, 6.45) is 6.59. The number of ether oxygens (including phenoxy) is 1. The Kier molecular flexibility index (Phi) is 4.22. The highest BCUT2D eigenvalue weighted by molar-refractivity contribution is 5.90. The van der Waals surface area contributed by atoms with Crippen LogP contribution in [0.5, 0.6) is 0 Å². The maximum Gasteiger partial charge on any atom is 0.342 e. The molecule has 1 saturated carbocycles. The van der Waals surface area contributed by atoms with Gasteiger partial charge in [-0.2, -0.15) is 5.10 Å². The van der Waals surface area contributed by atoms with Crippen LogP contribution in [0, 0.1) is 0 Å². The molecule has 1 fully saturated rings. The van der Waals surface area contributed by atoms with Gasteiger partial charge in [0.1, 0.15) is 12.2 Å². The molecule has 1 aliphatic carbocycles. The Morgan fingerprint density at radius 2 is 2.27 bits per heavy atom. The van der Waals surface area contributed by atoms with Crippen molar-refractivity contribution in [2.75, 3.05) is 0 Å². The first-order chi connectivity index (χ1) is 10.7. The molecule has 3 rings (SSSR count). The van der Waals surface area contributed by atoms with Gasteiger partial charge in [0.05, 0.1) is 17.6 Å². The molecule has 0 bridgehead atoms. The molecular weight excluding hydrogens is 278 g/mol. The van der Waals surface area contributed by atoms with Crippen LogP contribution in [0.25, 0.3) is 0 Å². The normalized spacial score (nSPS) is 15.5. The lowest BCUT2D eigenvalue weighted by molar-refractivity contribution is 0.0466. The first-order valence-corrected chi connectivity index (χ1v) is 7.85. The van der Waals surface area contributed by atoms with Crippen molar-refractivity contribution in [3.05, 3.63) is 47.5 Å². The molecule has 1 aliphatic rings. The number of carbonyl (C=O) groups is 1. The van der Waals surface area contributed by atoms with E-state index in [1.807, 2.05) is 22.9 Å². The topological polar surface area (TPSA) is 57.0 Å². The highest BCUT2D eigenvalue weighted by Gasteiger charge is 2.33. The van der Waals surface area contributed by atoms with E-state index in [1.165, 1.54) is 0 Å². The van der Waals surface area contributed by atoms with Crippen LogP contribution in [0.3, 0.4) is 0 Å². The van der Waals surface area contributed by atoms with Gasteiger partial charge < -0.3 is 4.74 Å². The molecule has 5 nitrogen and oxygen atoms in total. The Morgan fingerprint density at radius 3 is 2.91 bits per heavy atom. The molecule has 0 N–H and O–H groups in total. The van der Waals surface area contributed by atoms with Gasteiger partial charge in [0.2, 0.25) is 0 Å². The van der Waals surface area contributed by atoms with Crippen molar-refractivity contribution in [1.82, 2.24) is 14.8 Å². The Balaban J connectivity index is 1.76. The number of nitrogens with zero attached hydrogens (tertiary/aromatic N) is 3. The average Bonchev–Trinajstić information content (AvgIpc) is 3.31. The molecular formula is C17H21N3O2. The molecule has 0 aliphatic heterocycles. The molecule has 5 heteroatoms. The van der Waals surface area contributed by atoms with Gasteiger partial charge >= 0.3 is 5.97 Å². The summed E-state index contributed by atoms with van der Waals surface area (Å²) in [4.78, 5) is 16.6. The van der Waals surface area contributed by atoms with Gasteiger partial charge in [-0.1, -0.05) is 13.0 Å². The zero-order chi connectivity index (χ0) is 15.5. The molecule has 1 atom stereocenters. The van der Waals surface area contributed by atoms with Crippen LogP contribution in [-0.2, 0) is 11.3 Å². The standard InChI is InChI=1S/C17H21N3O2/c1-3-12(2)20-16(13-7-8-13)15(10-19-20)17(21)22-11-14-6-4-5-9-18-14/h4-6,9-10,12-13H,3,7-8,11H2,1-2H3/t12-/m0/s1. The van der Waals surface area contributed by atoms with Crippen LogP contribution >= 0.6 is 0 Å². The lowest BCUT2D eigenvalue weighted by atomic mass is 10.1. The minimum atomic E-state index is -0.304. The minimum absolute atomic E-state index is 0.193. The Bertz CT molecular complexity index is 647. The number of rotatable bonds is 6. The summed E-state index contributed by atoms with van der Waals surface area (Å²) in [5.41, 5.74) is 2.40. The number of carbonyl (C=O) groups excluding carboxylic acids is 1. The number of esters is 1. The third kappa shape index (κ3) is 3.03. The van der Waals surface area contributed by atoms with Gasteiger partial charge in [-0.3, -0.25) is 9.67 Å². The predicted octanol–water partition coefficient (Wildman–Crippen LogP) is 3.48. The smallest absolute Gasteiger partial charge is 0.342 e. The minimum Gasteiger partial charge on any atom is -0.455 e. The summed E-state index contributed by atoms with van der Waals surface area (Å²) in [5, 5.41) is 4.42. The molecule has 2 heterocycles. The Labute approximate surface area is 130 Å². The van der Waals surface area contributed by atoms with Crippen molar-refractivity contribution in [3.63, 3.8) is 0 Å². The molecule has 2 aromatic heterocycles. The fourth-order valence-electron chi connectivity index (χ4n) is 2.52. The summed E-state index contributed by atoms with van der Waals surface area (Å²) in [6, 6.07) is 5.87. The van der Waals surface area contributed by atoms with Gasteiger partial charge in [0, 0.05) is 18.2 Å². The SMILES string of the molecule is CC[C@H](C)n1ncc(C(=O)OCc2ccccn2)c1C1CC1. The number of aromatic nitrogens is 3. The molecule has 0 spiro atoms. The van der Waals surface area contributed by atoms with Crippen LogP contribution in [0.15, 0.2) is 30.6 Å². The summed E-state index contributed by atoms with van der Waals surface area (Å²) in [6.45, 7) is 4.45. The van der Waals surface area contributed by atoms with Crippen molar-refractivity contribution in [2.45, 2.75) is 51.7 Å². The van der Waals surface area contributed by atoms with Gasteiger partial charge in [0.25, 0.3) is 0 Å². The van der Waals surface area contributed by atoms with Crippen molar-refractivity contribution in [2.24, 2.45) is 0 Å². The second-order valence-electron chi connectivity index (χ2n) is 5.82. The highest BCUT2D eigenvalue weighted by atomic mass is 16.5. The second-order valence-corrected chi connectivity index (χ2v) is 5.82. The molecule has 116 valence electrons. The van der Waals surface area contributed by atoms with Crippen LogP contribution in [0.2, 0.25) is 0 Å². The van der Waals surface area contributed by atoms with Crippen LogP contribution in [0.4, 0.5) is 0 Å². The molecule has 22 heavy (non-hydrogen) atoms. The van der Waals surface area contributed by atoms with Gasteiger partial charge in [-0.15, -0.1) is 0 Å². The van der Waals surface area contributed by atoms with Gasteiger partial charge in [0.15, 0.2) is 0 Å². The third-order valence-corrected chi connectivity index (χ3v) is 4.10. The lowest BCUT2D eigenvalue weighted by Gasteiger charge is -2.14. The first-order valence-electron chi connectivity index (χ1n) is 7.85. The largest absolute Gasteiger partial charge is 0.455 e. The highest BCUT2D eigenvalue weighted by Crippen LogP contribution is 2.42. The second kappa shape index (κ2) is 6.30. The number of hydrogen-bond donors (Lipinski definition) is 0. The number of hydrogen-bond acceptors (Lipinski definition) is 4. The van der Waals surface area contributed by atoms with E-state index in [0.717, 1.165) is 30.7 Å². The van der Waals surface area contributed by atoms with Crippen LogP contribution in [-0.4, -0.2) is 20.7 Å². The Hall–Kier alpha value is -2.17. The van der Waals surface area contributed by atoms with E-state index in [1.54, 1.807) is 12.4 Å². The molecule has 0 saturated heterocycles. The third-order valence-electron chi connectivity index (χ3n) is 4.10. The first kappa shape index (κ1) is 14.8. The van der Waals surface area contributed by atoms with E-state index in [9.17, 15) is 4.79 Å². The molecule has 0 amide bonds. The Morgan fingerprint density at radius 1 is 1.45 bits per heavy atom. The summed E-state index contributed by atoms with van der Waals surface area (Å²) in [5.74, 6) is 0.149. The summed E-state index contributed by atoms with van der Waals surface area (Å²) >= 11 is 0. The monoisotopic (exact) mass is 299 g/mol. The molecule has 2 aromatic rings. The molecule has 0 radical (unpaired) electrons. The van der Waals surface area contributed by atoms with E-state index in [0.29, 0.717) is 17.5 Å². The van der Waals surface area contributed by atoms with Crippen molar-refractivity contribution < 1.29 is 9.53 Å². The van der Waals surface area contributed by atoms with Gasteiger partial charge in [-0.25, -0.2) is 4.79 Å². The molecule has 0 aromatic carbocycles. The van der Waals surface area contributed by atoms with E-state index in [4.69, 9.17) is 4.74 Å². The predicted molar refractivity (Wildman–Crippen MR) is 82.6 cm³/mol. The quantitative estimate of drug-likeness (QED) is 0.766. The van der Waals surface area contributed by atoms with Crippen molar-refractivity contribution in [3.8, 4) is 0 Å². The maximum absolute atomic E-state index is 12.4. The average molecular weight is 299 g/mol. The molecule has 0 unspecified atom stereocenters. The summed E-state index contributed by atoms with van der Waals surface area (Å²) in [7, 11) is 0. The fraction of sp³-hybridized carbons (Fsp3) is 0.471. The van der Waals surface area contributed by atoms with E-state index < -0.39 is 0 Å².